The Morgan fingerprint density at radius 3 is 2.33 bits per heavy atom. The number of aliphatic hydroxyl groups excluding tert-OH is 2. The number of carbonyl (C=O) groups excluding carboxylic acids is 1. The van der Waals surface area contributed by atoms with Crippen LogP contribution in [0.15, 0.2) is 35.3 Å². The van der Waals surface area contributed by atoms with Crippen LogP contribution in [0.4, 0.5) is 0 Å². The Hall–Kier alpha value is -1.37. The first kappa shape index (κ1) is 17.7. The van der Waals surface area contributed by atoms with E-state index in [9.17, 15) is 14.5 Å². The van der Waals surface area contributed by atoms with E-state index in [2.05, 4.69) is 4.99 Å². The molecule has 1 rings (SSSR count). The van der Waals surface area contributed by atoms with Crippen molar-refractivity contribution in [3.05, 3.63) is 35.9 Å². The second-order valence-electron chi connectivity index (χ2n) is 4.02. The van der Waals surface area contributed by atoms with Crippen molar-refractivity contribution >= 4 is 18.8 Å². The fourth-order valence-electron chi connectivity index (χ4n) is 1.59. The van der Waals surface area contributed by atoms with Crippen LogP contribution < -0.4 is 0 Å². The van der Waals surface area contributed by atoms with Gasteiger partial charge in [-0.25, -0.2) is 0 Å². The van der Waals surface area contributed by atoms with E-state index in [0.717, 1.165) is 14.2 Å². The van der Waals surface area contributed by atoms with Crippen LogP contribution in [0.2, 0.25) is 0 Å². The Bertz CT molecular complexity index is 537. The van der Waals surface area contributed by atoms with Gasteiger partial charge in [0.1, 0.15) is 12.6 Å². The van der Waals surface area contributed by atoms with Crippen molar-refractivity contribution in [2.75, 3.05) is 27.4 Å². The summed E-state index contributed by atoms with van der Waals surface area (Å²) in [5, 5.41) is 18.7. The largest absolute Gasteiger partial charge is 0.393 e. The summed E-state index contributed by atoms with van der Waals surface area (Å²) < 4.78 is 21.7. The third kappa shape index (κ3) is 4.56. The molecular formula is C13H18NO6P. The molecule has 0 aliphatic rings. The Kier molecular flexibility index (Phi) is 6.87. The molecule has 1 unspecified atom stereocenters. The number of hydrogen-bond acceptors (Lipinski definition) is 7. The minimum absolute atomic E-state index is 0.322. The zero-order valence-electron chi connectivity index (χ0n) is 11.8. The molecule has 1 aromatic carbocycles. The highest BCUT2D eigenvalue weighted by molar-refractivity contribution is 7.72. The maximum absolute atomic E-state index is 12.2. The second-order valence-corrected chi connectivity index (χ2v) is 6.21. The van der Waals surface area contributed by atoms with Crippen molar-refractivity contribution in [2.24, 2.45) is 4.99 Å². The lowest BCUT2D eigenvalue weighted by atomic mass is 10.1. The topological polar surface area (TPSA) is 105 Å². The van der Waals surface area contributed by atoms with E-state index in [1.807, 2.05) is 0 Å². The summed E-state index contributed by atoms with van der Waals surface area (Å²) in [4.78, 5) is 15.8. The summed E-state index contributed by atoms with van der Waals surface area (Å²) in [6.07, 6.45) is -1.53. The summed E-state index contributed by atoms with van der Waals surface area (Å²) in [7, 11) is -1.57. The molecule has 0 radical (unpaired) electrons. The second kappa shape index (κ2) is 8.17. The van der Waals surface area contributed by atoms with Crippen LogP contribution in [-0.4, -0.2) is 54.9 Å². The van der Waals surface area contributed by atoms with E-state index in [1.54, 1.807) is 30.3 Å². The highest BCUT2D eigenvalue weighted by Gasteiger charge is 2.34. The lowest BCUT2D eigenvalue weighted by Gasteiger charge is -2.19. The monoisotopic (exact) mass is 315 g/mol. The van der Waals surface area contributed by atoms with Gasteiger partial charge in [-0.05, 0) is 0 Å². The van der Waals surface area contributed by atoms with E-state index < -0.39 is 20.3 Å². The number of nitrogens with zero attached hydrogens (tertiary/aromatic N) is 1. The Morgan fingerprint density at radius 1 is 1.29 bits per heavy atom. The molecule has 2 N–H and O–H groups in total. The van der Waals surface area contributed by atoms with Crippen molar-refractivity contribution in [1.29, 1.82) is 0 Å². The van der Waals surface area contributed by atoms with E-state index in [0.29, 0.717) is 5.56 Å². The number of aliphatic imine (C=N–C) groups is 1. The molecule has 0 aliphatic heterocycles. The van der Waals surface area contributed by atoms with Gasteiger partial charge in [0.2, 0.25) is 0 Å². The molecule has 0 bridgehead atoms. The Labute approximate surface area is 122 Å². The van der Waals surface area contributed by atoms with Gasteiger partial charge in [-0.2, -0.15) is 0 Å². The highest BCUT2D eigenvalue weighted by atomic mass is 31.2. The number of benzene rings is 1. The van der Waals surface area contributed by atoms with Gasteiger partial charge >= 0.3 is 7.60 Å². The standard InChI is InChI=1S/C13H18NO6P/c1-19-21(18,20-2)13(12(17)9-15)14-8-11(16)10-6-4-3-5-7-10/h3-7,12,15,17H,8-9H2,1-2H3. The van der Waals surface area contributed by atoms with Crippen molar-refractivity contribution < 1.29 is 28.6 Å². The predicted molar refractivity (Wildman–Crippen MR) is 77.8 cm³/mol. The normalized spacial score (nSPS) is 14.0. The molecule has 0 spiro atoms. The molecule has 116 valence electrons. The SMILES string of the molecule is COP(=O)(OC)C(=NCC(=O)c1ccccc1)C(O)CO. The van der Waals surface area contributed by atoms with E-state index in [4.69, 9.17) is 14.2 Å². The minimum atomic E-state index is -3.82. The molecule has 8 heteroatoms. The van der Waals surface area contributed by atoms with Gasteiger partial charge in [0.05, 0.1) is 6.61 Å². The number of hydrogen-bond donors (Lipinski definition) is 2. The van der Waals surface area contributed by atoms with Crippen LogP contribution in [0.3, 0.4) is 0 Å². The quantitative estimate of drug-likeness (QED) is 0.423. The highest BCUT2D eigenvalue weighted by Crippen LogP contribution is 2.49. The molecule has 0 heterocycles. The fourth-order valence-corrected chi connectivity index (χ4v) is 2.80. The van der Waals surface area contributed by atoms with Crippen molar-refractivity contribution in [3.8, 4) is 0 Å². The Morgan fingerprint density at radius 2 is 1.86 bits per heavy atom. The molecular weight excluding hydrogens is 297 g/mol. The van der Waals surface area contributed by atoms with Crippen LogP contribution in [0, 0.1) is 0 Å². The van der Waals surface area contributed by atoms with Gasteiger partial charge in [0.15, 0.2) is 11.2 Å². The van der Waals surface area contributed by atoms with Crippen LogP contribution in [0.5, 0.6) is 0 Å². The van der Waals surface area contributed by atoms with Crippen LogP contribution in [-0.2, 0) is 13.6 Å². The van der Waals surface area contributed by atoms with E-state index >= 15 is 0 Å². The van der Waals surface area contributed by atoms with Crippen molar-refractivity contribution in [2.45, 2.75) is 6.10 Å². The molecule has 1 atom stereocenters. The third-order valence-corrected chi connectivity index (χ3v) is 4.67. The molecule has 0 fully saturated rings. The van der Waals surface area contributed by atoms with Crippen molar-refractivity contribution in [3.63, 3.8) is 0 Å². The number of aliphatic hydroxyl groups is 2. The number of ketones is 1. The van der Waals surface area contributed by atoms with Crippen molar-refractivity contribution in [1.82, 2.24) is 0 Å². The molecule has 7 nitrogen and oxygen atoms in total. The lowest BCUT2D eigenvalue weighted by Crippen LogP contribution is -2.26. The number of carbonyl (C=O) groups is 1. The van der Waals surface area contributed by atoms with E-state index in [-0.39, 0.29) is 17.8 Å². The summed E-state index contributed by atoms with van der Waals surface area (Å²) in [5.74, 6) is -0.322. The third-order valence-electron chi connectivity index (χ3n) is 2.71. The average Bonchev–Trinajstić information content (AvgIpc) is 2.54. The molecule has 0 saturated carbocycles. The lowest BCUT2D eigenvalue weighted by molar-refractivity contribution is 0.100. The van der Waals surface area contributed by atoms with Crippen LogP contribution in [0.1, 0.15) is 10.4 Å². The van der Waals surface area contributed by atoms with Gasteiger partial charge in [-0.3, -0.25) is 14.4 Å². The molecule has 21 heavy (non-hydrogen) atoms. The molecule has 0 aromatic heterocycles. The summed E-state index contributed by atoms with van der Waals surface area (Å²) in [6, 6.07) is 8.41. The molecule has 0 amide bonds. The zero-order chi connectivity index (χ0) is 15.9. The molecule has 1 aromatic rings. The average molecular weight is 315 g/mol. The maximum atomic E-state index is 12.2. The minimum Gasteiger partial charge on any atom is -0.393 e. The maximum Gasteiger partial charge on any atom is 0.377 e. The van der Waals surface area contributed by atoms with Crippen LogP contribution >= 0.6 is 7.60 Å². The number of Topliss-reactive ketones (excluding diaryl/α,β-unsaturated/α-hetero) is 1. The fraction of sp³-hybridized carbons (Fsp3) is 0.385. The van der Waals surface area contributed by atoms with Gasteiger partial charge in [-0.1, -0.05) is 30.3 Å². The molecule has 0 saturated heterocycles. The summed E-state index contributed by atoms with van der Waals surface area (Å²) in [6.45, 7) is -1.05. The zero-order valence-corrected chi connectivity index (χ0v) is 12.7. The van der Waals surface area contributed by atoms with Crippen LogP contribution in [0.25, 0.3) is 0 Å². The van der Waals surface area contributed by atoms with Gasteiger partial charge in [0, 0.05) is 19.8 Å². The first-order valence-corrected chi connectivity index (χ1v) is 7.66. The van der Waals surface area contributed by atoms with E-state index in [1.165, 1.54) is 0 Å². The number of rotatable bonds is 8. The smallest absolute Gasteiger partial charge is 0.377 e. The Balaban J connectivity index is 3.00. The van der Waals surface area contributed by atoms with Gasteiger partial charge < -0.3 is 19.3 Å². The summed E-state index contributed by atoms with van der Waals surface area (Å²) >= 11 is 0. The van der Waals surface area contributed by atoms with Gasteiger partial charge in [-0.15, -0.1) is 0 Å². The van der Waals surface area contributed by atoms with Gasteiger partial charge in [0.25, 0.3) is 0 Å². The molecule has 0 aliphatic carbocycles. The predicted octanol–water partition coefficient (Wildman–Crippen LogP) is 1.11. The summed E-state index contributed by atoms with van der Waals surface area (Å²) in [5.41, 5.74) is 0.0584. The first-order chi connectivity index (χ1) is 9.98. The first-order valence-electron chi connectivity index (χ1n) is 6.12.